The molecule has 0 fully saturated rings. The van der Waals surface area contributed by atoms with E-state index in [1.54, 1.807) is 6.92 Å². The average molecular weight is 300 g/mol. The summed E-state index contributed by atoms with van der Waals surface area (Å²) in [6.45, 7) is 12.9. The van der Waals surface area contributed by atoms with Gasteiger partial charge in [0, 0.05) is 11.6 Å². The summed E-state index contributed by atoms with van der Waals surface area (Å²) in [5, 5.41) is 0. The number of ether oxygens (including phenoxy) is 1. The van der Waals surface area contributed by atoms with Gasteiger partial charge in [0.25, 0.3) is 0 Å². The Hall–Kier alpha value is -1.79. The van der Waals surface area contributed by atoms with Gasteiger partial charge in [-0.05, 0) is 12.5 Å². The molecule has 0 N–H and O–H groups in total. The van der Waals surface area contributed by atoms with E-state index in [1.165, 1.54) is 0 Å². The van der Waals surface area contributed by atoms with E-state index in [4.69, 9.17) is 4.74 Å². The fourth-order valence-electron chi connectivity index (χ4n) is 1.78. The molecule has 112 valence electrons. The highest BCUT2D eigenvalue weighted by Gasteiger charge is 2.20. The van der Waals surface area contributed by atoms with Gasteiger partial charge in [-0.3, -0.25) is 0 Å². The average Bonchev–Trinajstić information content (AvgIpc) is 2.43. The van der Waals surface area contributed by atoms with E-state index >= 15 is 0 Å². The van der Waals surface area contributed by atoms with Crippen LogP contribution in [0.25, 0.3) is 0 Å². The van der Waals surface area contributed by atoms with Gasteiger partial charge >= 0.3 is 5.97 Å². The van der Waals surface area contributed by atoms with Crippen molar-refractivity contribution in [3.05, 3.63) is 48.0 Å². The molecule has 0 spiro atoms. The number of esters is 1. The van der Waals surface area contributed by atoms with Gasteiger partial charge in [-0.2, -0.15) is 0 Å². The number of hydrogen-bond donors (Lipinski definition) is 0. The summed E-state index contributed by atoms with van der Waals surface area (Å²) in [5.41, 5.74) is 1.39. The topological polar surface area (TPSA) is 26.3 Å². The normalized spacial score (nSPS) is 12.0. The molecule has 0 aliphatic rings. The Labute approximate surface area is 129 Å². The smallest absolute Gasteiger partial charge is 0.335 e. The molecule has 0 saturated carbocycles. The largest absolute Gasteiger partial charge is 0.463 e. The first-order valence-electron chi connectivity index (χ1n) is 7.24. The van der Waals surface area contributed by atoms with E-state index in [0.717, 1.165) is 11.6 Å². The fraction of sp³-hybridized carbons (Fsp3) is 0.389. The van der Waals surface area contributed by atoms with Crippen molar-refractivity contribution in [1.29, 1.82) is 0 Å². The molecule has 0 aliphatic heterocycles. The minimum Gasteiger partial charge on any atom is -0.463 e. The number of hydrogen-bond acceptors (Lipinski definition) is 2. The summed E-state index contributed by atoms with van der Waals surface area (Å²) in [6.07, 6.45) is 0. The standard InChI is InChI=1S/C18H24O2Si/c1-6-20-18(19)15(2)17(13-10-14-21(3,4)5)16-11-8-7-9-12-16/h7-9,11-12,17H,2,6,14H2,1,3-5H3/t17-/m0/s1. The van der Waals surface area contributed by atoms with Gasteiger partial charge in [0.15, 0.2) is 0 Å². The zero-order chi connectivity index (χ0) is 15.9. The van der Waals surface area contributed by atoms with Gasteiger partial charge in [0.1, 0.15) is 0 Å². The SMILES string of the molecule is C=C(C(=O)OCC)[C@H](C#CC[Si](C)(C)C)c1ccccc1. The maximum atomic E-state index is 11.9. The third-order valence-electron chi connectivity index (χ3n) is 2.88. The third-order valence-corrected chi connectivity index (χ3v) is 4.12. The second kappa shape index (κ2) is 7.85. The van der Waals surface area contributed by atoms with Gasteiger partial charge in [0.2, 0.25) is 0 Å². The monoisotopic (exact) mass is 300 g/mol. The molecule has 1 aromatic carbocycles. The van der Waals surface area contributed by atoms with Crippen LogP contribution in [0.1, 0.15) is 18.4 Å². The molecule has 0 radical (unpaired) electrons. The van der Waals surface area contributed by atoms with Crippen LogP contribution in [-0.4, -0.2) is 20.7 Å². The van der Waals surface area contributed by atoms with E-state index < -0.39 is 8.07 Å². The van der Waals surface area contributed by atoms with Crippen molar-refractivity contribution in [1.82, 2.24) is 0 Å². The van der Waals surface area contributed by atoms with E-state index in [9.17, 15) is 4.79 Å². The number of benzene rings is 1. The summed E-state index contributed by atoms with van der Waals surface area (Å²) in [4.78, 5) is 11.9. The molecule has 3 heteroatoms. The fourth-order valence-corrected chi connectivity index (χ4v) is 2.41. The Morgan fingerprint density at radius 3 is 2.43 bits per heavy atom. The zero-order valence-corrected chi connectivity index (χ0v) is 14.4. The Balaban J connectivity index is 3.01. The molecule has 0 aromatic heterocycles. The summed E-state index contributed by atoms with van der Waals surface area (Å²) in [5.74, 6) is 5.80. The highest BCUT2D eigenvalue weighted by Crippen LogP contribution is 2.23. The van der Waals surface area contributed by atoms with Gasteiger partial charge in [-0.1, -0.05) is 62.5 Å². The Kier molecular flexibility index (Phi) is 6.45. The van der Waals surface area contributed by atoms with E-state index in [1.807, 2.05) is 30.3 Å². The van der Waals surface area contributed by atoms with Crippen molar-refractivity contribution in [2.75, 3.05) is 6.61 Å². The quantitative estimate of drug-likeness (QED) is 0.352. The maximum absolute atomic E-state index is 11.9. The lowest BCUT2D eigenvalue weighted by Gasteiger charge is -2.14. The van der Waals surface area contributed by atoms with Crippen molar-refractivity contribution in [3.63, 3.8) is 0 Å². The van der Waals surface area contributed by atoms with Crippen LogP contribution in [0.5, 0.6) is 0 Å². The van der Waals surface area contributed by atoms with Crippen molar-refractivity contribution in [2.45, 2.75) is 38.5 Å². The van der Waals surface area contributed by atoms with E-state index in [0.29, 0.717) is 12.2 Å². The summed E-state index contributed by atoms with van der Waals surface area (Å²) < 4.78 is 5.06. The molecule has 0 heterocycles. The number of carbonyl (C=O) groups excluding carboxylic acids is 1. The second-order valence-electron chi connectivity index (χ2n) is 6.15. The molecule has 0 amide bonds. The molecule has 1 atom stereocenters. The lowest BCUT2D eigenvalue weighted by molar-refractivity contribution is -0.138. The van der Waals surface area contributed by atoms with Crippen LogP contribution in [0.15, 0.2) is 42.5 Å². The highest BCUT2D eigenvalue weighted by atomic mass is 28.3. The van der Waals surface area contributed by atoms with Crippen LogP contribution in [-0.2, 0) is 9.53 Å². The van der Waals surface area contributed by atoms with Crippen LogP contribution < -0.4 is 0 Å². The van der Waals surface area contributed by atoms with Crippen molar-refractivity contribution in [3.8, 4) is 11.8 Å². The summed E-state index contributed by atoms with van der Waals surface area (Å²) in [6, 6.07) is 10.7. The molecule has 0 aliphatic carbocycles. The first kappa shape index (κ1) is 17.3. The lowest BCUT2D eigenvalue weighted by atomic mass is 9.92. The van der Waals surface area contributed by atoms with Gasteiger partial charge in [-0.15, -0.1) is 5.92 Å². The molecule has 0 saturated heterocycles. The Bertz CT molecular complexity index is 544. The zero-order valence-electron chi connectivity index (χ0n) is 13.4. The van der Waals surface area contributed by atoms with Gasteiger partial charge in [-0.25, -0.2) is 4.79 Å². The highest BCUT2D eigenvalue weighted by molar-refractivity contribution is 6.76. The van der Waals surface area contributed by atoms with Gasteiger partial charge in [0.05, 0.1) is 20.6 Å². The van der Waals surface area contributed by atoms with Gasteiger partial charge < -0.3 is 4.74 Å². The Morgan fingerprint density at radius 1 is 1.29 bits per heavy atom. The first-order valence-corrected chi connectivity index (χ1v) is 10.9. The Morgan fingerprint density at radius 2 is 1.90 bits per heavy atom. The lowest BCUT2D eigenvalue weighted by Crippen LogP contribution is -2.18. The predicted octanol–water partition coefficient (Wildman–Crippen LogP) is 4.23. The maximum Gasteiger partial charge on any atom is 0.335 e. The van der Waals surface area contributed by atoms with Crippen molar-refractivity contribution in [2.24, 2.45) is 0 Å². The van der Waals surface area contributed by atoms with E-state index in [2.05, 4.69) is 38.1 Å². The minimum atomic E-state index is -1.22. The molecule has 0 unspecified atom stereocenters. The molecule has 21 heavy (non-hydrogen) atoms. The number of carbonyl (C=O) groups is 1. The van der Waals surface area contributed by atoms with Crippen LogP contribution in [0.2, 0.25) is 25.7 Å². The summed E-state index contributed by atoms with van der Waals surface area (Å²) in [7, 11) is -1.22. The molecule has 1 aromatic rings. The van der Waals surface area contributed by atoms with Crippen LogP contribution >= 0.6 is 0 Å². The van der Waals surface area contributed by atoms with Crippen molar-refractivity contribution >= 4 is 14.0 Å². The molecule has 2 nitrogen and oxygen atoms in total. The van der Waals surface area contributed by atoms with Crippen molar-refractivity contribution < 1.29 is 9.53 Å². The van der Waals surface area contributed by atoms with Crippen LogP contribution in [0.3, 0.4) is 0 Å². The summed E-state index contributed by atoms with van der Waals surface area (Å²) >= 11 is 0. The number of rotatable bonds is 5. The van der Waals surface area contributed by atoms with E-state index in [-0.39, 0.29) is 11.9 Å². The van der Waals surface area contributed by atoms with Crippen LogP contribution in [0.4, 0.5) is 0 Å². The molecular formula is C18H24O2Si. The molecule has 0 bridgehead atoms. The molecule has 1 rings (SSSR count). The predicted molar refractivity (Wildman–Crippen MR) is 90.9 cm³/mol. The van der Waals surface area contributed by atoms with Crippen LogP contribution in [0, 0.1) is 11.8 Å². The second-order valence-corrected chi connectivity index (χ2v) is 11.6. The first-order chi connectivity index (χ1) is 9.85. The minimum absolute atomic E-state index is 0.290. The molecular weight excluding hydrogens is 276 g/mol. The third kappa shape index (κ3) is 6.01.